The summed E-state index contributed by atoms with van der Waals surface area (Å²) in [7, 11) is -2.25. The molecule has 35 heavy (non-hydrogen) atoms. The minimum atomic E-state index is -2.25. The lowest BCUT2D eigenvalue weighted by Gasteiger charge is -2.51. The van der Waals surface area contributed by atoms with Crippen LogP contribution in [0.5, 0.6) is 0 Å². The molecule has 1 aromatic carbocycles. The number of anilines is 1. The molecule has 0 saturated carbocycles. The predicted molar refractivity (Wildman–Crippen MR) is 137 cm³/mol. The van der Waals surface area contributed by atoms with E-state index in [1.54, 1.807) is 16.7 Å². The number of alkyl halides is 3. The van der Waals surface area contributed by atoms with E-state index in [-0.39, 0.29) is 18.2 Å². The molecule has 3 aliphatic heterocycles. The van der Waals surface area contributed by atoms with Crippen molar-refractivity contribution in [1.29, 1.82) is 0 Å². The molecule has 4 atom stereocenters. The number of alkyl carbamates (subject to hydrolysis) is 1. The molecule has 12 heteroatoms. The summed E-state index contributed by atoms with van der Waals surface area (Å²) in [6.07, 6.45) is -1.32. The molecule has 0 aliphatic carbocycles. The first-order valence-corrected chi connectivity index (χ1v) is 15.5. The molecular formula is C23H30Cl3N3O5Si. The second-order valence-electron chi connectivity index (χ2n) is 9.35. The highest BCUT2D eigenvalue weighted by molar-refractivity contribution is 6.73. The molecule has 3 amide bonds. The first kappa shape index (κ1) is 26.5. The summed E-state index contributed by atoms with van der Waals surface area (Å²) in [5, 5.41) is 2.64. The Hall–Kier alpha value is -1.52. The first-order valence-electron chi connectivity index (χ1n) is 11.9. The predicted octanol–water partition coefficient (Wildman–Crippen LogP) is 4.68. The number of piperidine rings is 1. The van der Waals surface area contributed by atoms with Gasteiger partial charge in [-0.1, -0.05) is 73.8 Å². The lowest BCUT2D eigenvalue weighted by atomic mass is 9.82. The van der Waals surface area contributed by atoms with Crippen LogP contribution in [0.4, 0.5) is 10.5 Å². The highest BCUT2D eigenvalue weighted by atomic mass is 35.6. The van der Waals surface area contributed by atoms with Crippen molar-refractivity contribution in [3.05, 3.63) is 29.8 Å². The summed E-state index contributed by atoms with van der Waals surface area (Å²) in [6, 6.07) is 8.61. The number of nitrogens with zero attached hydrogens (tertiary/aromatic N) is 2. The number of halogens is 3. The topological polar surface area (TPSA) is 88.2 Å². The van der Waals surface area contributed by atoms with Gasteiger partial charge in [-0.25, -0.2) is 4.79 Å². The van der Waals surface area contributed by atoms with E-state index in [0.29, 0.717) is 0 Å². The minimum Gasteiger partial charge on any atom is -0.445 e. The standard InChI is InChI=1S/C23H30Cl3N3O5Si/c1-5-35(6-2,7-3)34-22-12-16(27-21(32)33-13-23(24,25)26)19(31)28-14(4)18(30)29(20(22)28)17-11-9-8-10-15(17)22/h8-11,14,16,20H,5-7,12-13H2,1-4H3,(H,27,32)/t14-,16+,20-,22-/m0/s1. The maximum absolute atomic E-state index is 13.6. The van der Waals surface area contributed by atoms with E-state index in [0.717, 1.165) is 29.4 Å². The number of rotatable bonds is 7. The summed E-state index contributed by atoms with van der Waals surface area (Å²) in [5.41, 5.74) is 0.624. The SMILES string of the molecule is CC[Si](CC)(CC)O[C@]12C[C@@H](NC(=O)OCC(Cl)(Cl)Cl)C(=O)N3[C@H]1N(C(=O)[C@@H]3C)c1ccccc12. The Morgan fingerprint density at radius 1 is 1.14 bits per heavy atom. The van der Waals surface area contributed by atoms with Gasteiger partial charge in [0.15, 0.2) is 8.32 Å². The lowest BCUT2D eigenvalue weighted by Crippen LogP contribution is -2.67. The van der Waals surface area contributed by atoms with Gasteiger partial charge < -0.3 is 19.4 Å². The quantitative estimate of drug-likeness (QED) is 0.385. The summed E-state index contributed by atoms with van der Waals surface area (Å²) in [4.78, 5) is 42.9. The highest BCUT2D eigenvalue weighted by Gasteiger charge is 2.68. The average Bonchev–Trinajstić information content (AvgIpc) is 3.25. The third-order valence-electron chi connectivity index (χ3n) is 7.61. The van der Waals surface area contributed by atoms with Crippen molar-refractivity contribution in [2.75, 3.05) is 11.5 Å². The van der Waals surface area contributed by atoms with Crippen molar-refractivity contribution >= 4 is 66.7 Å². The van der Waals surface area contributed by atoms with Gasteiger partial charge in [-0.2, -0.15) is 0 Å². The number of amides is 3. The van der Waals surface area contributed by atoms with Gasteiger partial charge in [0.2, 0.25) is 9.70 Å². The van der Waals surface area contributed by atoms with Crippen LogP contribution < -0.4 is 10.2 Å². The van der Waals surface area contributed by atoms with Crippen molar-refractivity contribution in [2.45, 2.75) is 79.9 Å². The smallest absolute Gasteiger partial charge is 0.407 e. The van der Waals surface area contributed by atoms with E-state index < -0.39 is 48.7 Å². The van der Waals surface area contributed by atoms with E-state index in [1.807, 2.05) is 24.3 Å². The number of fused-ring (bicyclic) bond motifs is 3. The van der Waals surface area contributed by atoms with Crippen LogP contribution in [0, 0.1) is 0 Å². The number of ether oxygens (including phenoxy) is 1. The molecule has 0 aromatic heterocycles. The van der Waals surface area contributed by atoms with Gasteiger partial charge in [0.05, 0.1) is 5.69 Å². The lowest BCUT2D eigenvalue weighted by molar-refractivity contribution is -0.153. The molecule has 2 fully saturated rings. The zero-order valence-electron chi connectivity index (χ0n) is 20.1. The van der Waals surface area contributed by atoms with Gasteiger partial charge in [0.1, 0.15) is 30.5 Å². The minimum absolute atomic E-state index is 0.165. The van der Waals surface area contributed by atoms with Gasteiger partial charge in [0, 0.05) is 12.0 Å². The van der Waals surface area contributed by atoms with Crippen LogP contribution in [-0.4, -0.2) is 59.8 Å². The summed E-state index contributed by atoms with van der Waals surface area (Å²) < 4.78 is 10.5. The summed E-state index contributed by atoms with van der Waals surface area (Å²) >= 11 is 17.1. The Bertz CT molecular complexity index is 1030. The Kier molecular flexibility index (Phi) is 7.13. The fourth-order valence-corrected chi connectivity index (χ4v) is 8.85. The maximum Gasteiger partial charge on any atom is 0.407 e. The number of nitrogens with one attached hydrogen (secondary N) is 1. The molecule has 0 radical (unpaired) electrons. The number of para-hydroxylation sites is 1. The molecule has 4 rings (SSSR count). The molecule has 8 nitrogen and oxygen atoms in total. The average molecular weight is 563 g/mol. The molecule has 1 N–H and O–H groups in total. The summed E-state index contributed by atoms with van der Waals surface area (Å²) in [6.45, 7) is 7.63. The van der Waals surface area contributed by atoms with Crippen LogP contribution >= 0.6 is 34.8 Å². The van der Waals surface area contributed by atoms with E-state index in [4.69, 9.17) is 44.0 Å². The maximum atomic E-state index is 13.6. The molecule has 3 aliphatic rings. The highest BCUT2D eigenvalue weighted by Crippen LogP contribution is 2.57. The van der Waals surface area contributed by atoms with Crippen LogP contribution in [0.3, 0.4) is 0 Å². The molecule has 3 heterocycles. The van der Waals surface area contributed by atoms with Gasteiger partial charge in [-0.3, -0.25) is 14.5 Å². The van der Waals surface area contributed by atoms with Gasteiger partial charge in [0.25, 0.3) is 5.91 Å². The number of carbonyl (C=O) groups excluding carboxylic acids is 3. The number of carbonyl (C=O) groups is 3. The first-order chi connectivity index (χ1) is 16.4. The third-order valence-corrected chi connectivity index (χ3v) is 12.6. The number of hydrogen-bond donors (Lipinski definition) is 1. The third kappa shape index (κ3) is 4.33. The van der Waals surface area contributed by atoms with Crippen molar-refractivity contribution in [3.63, 3.8) is 0 Å². The Morgan fingerprint density at radius 2 is 1.77 bits per heavy atom. The largest absolute Gasteiger partial charge is 0.445 e. The molecule has 2 saturated heterocycles. The van der Waals surface area contributed by atoms with Gasteiger partial charge in [-0.05, 0) is 31.1 Å². The van der Waals surface area contributed by atoms with Crippen molar-refractivity contribution in [2.24, 2.45) is 0 Å². The van der Waals surface area contributed by atoms with Crippen molar-refractivity contribution in [1.82, 2.24) is 10.2 Å². The van der Waals surface area contributed by atoms with E-state index in [9.17, 15) is 14.4 Å². The van der Waals surface area contributed by atoms with Crippen molar-refractivity contribution < 1.29 is 23.5 Å². The Balaban J connectivity index is 1.80. The second-order valence-corrected chi connectivity index (χ2v) is 16.6. The monoisotopic (exact) mass is 561 g/mol. The van der Waals surface area contributed by atoms with E-state index >= 15 is 0 Å². The Labute approximate surface area is 221 Å². The summed E-state index contributed by atoms with van der Waals surface area (Å²) in [5.74, 6) is -0.537. The normalized spacial score (nSPS) is 27.7. The van der Waals surface area contributed by atoms with Gasteiger partial charge in [-0.15, -0.1) is 0 Å². The molecular weight excluding hydrogens is 533 g/mol. The molecule has 0 unspecified atom stereocenters. The molecule has 1 aromatic rings. The molecule has 0 spiro atoms. The zero-order chi connectivity index (χ0) is 25.8. The van der Waals surface area contributed by atoms with Crippen LogP contribution in [-0.2, 0) is 24.4 Å². The number of hydrogen-bond acceptors (Lipinski definition) is 5. The van der Waals surface area contributed by atoms with Crippen LogP contribution in [0.25, 0.3) is 0 Å². The zero-order valence-corrected chi connectivity index (χ0v) is 23.4. The molecule has 192 valence electrons. The van der Waals surface area contributed by atoms with Crippen LogP contribution in [0.15, 0.2) is 24.3 Å². The fourth-order valence-electron chi connectivity index (χ4n) is 5.68. The Morgan fingerprint density at radius 3 is 2.37 bits per heavy atom. The second kappa shape index (κ2) is 9.41. The molecule has 0 bridgehead atoms. The van der Waals surface area contributed by atoms with Crippen LogP contribution in [0.1, 0.15) is 39.7 Å². The number of benzene rings is 1. The van der Waals surface area contributed by atoms with Crippen molar-refractivity contribution in [3.8, 4) is 0 Å². The van der Waals surface area contributed by atoms with Crippen LogP contribution in [0.2, 0.25) is 18.1 Å². The van der Waals surface area contributed by atoms with E-state index in [2.05, 4.69) is 26.1 Å². The van der Waals surface area contributed by atoms with E-state index in [1.165, 1.54) is 0 Å². The fraction of sp³-hybridized carbons (Fsp3) is 0.609. The van der Waals surface area contributed by atoms with Gasteiger partial charge >= 0.3 is 6.09 Å².